The molecular formula is C15H21N5O4S. The molecule has 1 aliphatic heterocycles. The van der Waals surface area contributed by atoms with Crippen LogP contribution in [0.3, 0.4) is 0 Å². The van der Waals surface area contributed by atoms with Gasteiger partial charge in [0.1, 0.15) is 5.76 Å². The van der Waals surface area contributed by atoms with E-state index >= 15 is 0 Å². The van der Waals surface area contributed by atoms with E-state index in [-0.39, 0.29) is 17.5 Å². The molecule has 0 aliphatic carbocycles. The van der Waals surface area contributed by atoms with Gasteiger partial charge in [0.2, 0.25) is 5.91 Å². The molecule has 2 aromatic rings. The maximum absolute atomic E-state index is 12.7. The predicted octanol–water partition coefficient (Wildman–Crippen LogP) is 1.24. The van der Waals surface area contributed by atoms with E-state index in [9.17, 15) is 13.2 Å². The highest BCUT2D eigenvalue weighted by atomic mass is 32.2. The summed E-state index contributed by atoms with van der Waals surface area (Å²) in [7, 11) is -3.70. The zero-order valence-electron chi connectivity index (χ0n) is 14.2. The molecule has 1 amide bonds. The number of carbonyl (C=O) groups excluding carboxylic acids is 1. The van der Waals surface area contributed by atoms with Crippen LogP contribution in [0.15, 0.2) is 28.1 Å². The highest BCUT2D eigenvalue weighted by molar-refractivity contribution is 7.89. The fourth-order valence-corrected chi connectivity index (χ4v) is 4.27. The molecule has 25 heavy (non-hydrogen) atoms. The van der Waals surface area contributed by atoms with Crippen LogP contribution in [0, 0.1) is 12.8 Å². The lowest BCUT2D eigenvalue weighted by Crippen LogP contribution is -2.43. The van der Waals surface area contributed by atoms with Crippen molar-refractivity contribution in [2.24, 2.45) is 5.92 Å². The smallest absolute Gasteiger partial charge is 0.262 e. The van der Waals surface area contributed by atoms with E-state index in [2.05, 4.69) is 15.5 Å². The van der Waals surface area contributed by atoms with Gasteiger partial charge >= 0.3 is 0 Å². The lowest BCUT2D eigenvalue weighted by Gasteiger charge is -2.30. The molecule has 0 aromatic carbocycles. The van der Waals surface area contributed by atoms with Crippen molar-refractivity contribution in [3.8, 4) is 0 Å². The number of anilines is 1. The number of nitrogens with one attached hydrogen (secondary N) is 1. The normalized spacial score (nSPS) is 19.0. The second-order valence-corrected chi connectivity index (χ2v) is 7.94. The van der Waals surface area contributed by atoms with E-state index in [0.29, 0.717) is 37.5 Å². The van der Waals surface area contributed by atoms with Gasteiger partial charge in [0, 0.05) is 31.9 Å². The SMILES string of the molecule is CCn1cnc(S(=O)(=O)N2CCC[C@@H](C(=O)Nc3cc(C)on3)C2)c1. The number of sulfonamides is 1. The highest BCUT2D eigenvalue weighted by Crippen LogP contribution is 2.24. The summed E-state index contributed by atoms with van der Waals surface area (Å²) in [5.41, 5.74) is 0. The number of piperidine rings is 1. The van der Waals surface area contributed by atoms with Crippen molar-refractivity contribution in [2.75, 3.05) is 18.4 Å². The Morgan fingerprint density at radius 3 is 2.92 bits per heavy atom. The summed E-state index contributed by atoms with van der Waals surface area (Å²) in [6, 6.07) is 1.62. The Balaban J connectivity index is 1.70. The summed E-state index contributed by atoms with van der Waals surface area (Å²) in [4.78, 5) is 16.4. The van der Waals surface area contributed by atoms with Gasteiger partial charge in [0.05, 0.1) is 12.2 Å². The number of hydrogen-bond acceptors (Lipinski definition) is 6. The Labute approximate surface area is 146 Å². The summed E-state index contributed by atoms with van der Waals surface area (Å²) < 4.78 is 33.4. The first-order valence-corrected chi connectivity index (χ1v) is 9.60. The molecule has 0 unspecified atom stereocenters. The van der Waals surface area contributed by atoms with Crippen molar-refractivity contribution in [3.05, 3.63) is 24.4 Å². The first kappa shape index (κ1) is 17.6. The predicted molar refractivity (Wildman–Crippen MR) is 89.3 cm³/mol. The summed E-state index contributed by atoms with van der Waals surface area (Å²) in [6.07, 6.45) is 4.24. The Hall–Kier alpha value is -2.20. The number of hydrogen-bond donors (Lipinski definition) is 1. The minimum absolute atomic E-state index is 0.0162. The minimum atomic E-state index is -3.70. The average Bonchev–Trinajstić information content (AvgIpc) is 3.24. The van der Waals surface area contributed by atoms with Crippen molar-refractivity contribution >= 4 is 21.7 Å². The molecule has 0 radical (unpaired) electrons. The quantitative estimate of drug-likeness (QED) is 0.851. The third-order valence-corrected chi connectivity index (χ3v) is 5.96. The van der Waals surface area contributed by atoms with E-state index in [4.69, 9.17) is 4.52 Å². The van der Waals surface area contributed by atoms with Crippen LogP contribution < -0.4 is 5.32 Å². The van der Waals surface area contributed by atoms with Crippen LogP contribution in [0.5, 0.6) is 0 Å². The van der Waals surface area contributed by atoms with Crippen LogP contribution in [0.4, 0.5) is 5.82 Å². The van der Waals surface area contributed by atoms with Crippen LogP contribution in [-0.2, 0) is 21.4 Å². The van der Waals surface area contributed by atoms with Crippen LogP contribution >= 0.6 is 0 Å². The van der Waals surface area contributed by atoms with Gasteiger partial charge in [-0.3, -0.25) is 4.79 Å². The van der Waals surface area contributed by atoms with Gasteiger partial charge in [-0.2, -0.15) is 4.31 Å². The number of rotatable bonds is 5. The number of amides is 1. The van der Waals surface area contributed by atoms with Gasteiger partial charge < -0.3 is 14.4 Å². The molecule has 10 heteroatoms. The van der Waals surface area contributed by atoms with Gasteiger partial charge in [-0.25, -0.2) is 13.4 Å². The lowest BCUT2D eigenvalue weighted by molar-refractivity contribution is -0.120. The molecule has 3 heterocycles. The van der Waals surface area contributed by atoms with Gasteiger partial charge in [-0.05, 0) is 26.7 Å². The van der Waals surface area contributed by atoms with Gasteiger partial charge in [-0.1, -0.05) is 5.16 Å². The van der Waals surface area contributed by atoms with E-state index in [0.717, 1.165) is 0 Å². The third-order valence-electron chi connectivity index (χ3n) is 4.21. The fourth-order valence-electron chi connectivity index (χ4n) is 2.81. The molecule has 3 rings (SSSR count). The zero-order valence-corrected chi connectivity index (χ0v) is 15.0. The summed E-state index contributed by atoms with van der Waals surface area (Å²) in [6.45, 7) is 4.79. The number of imidazole rings is 1. The van der Waals surface area contributed by atoms with Crippen molar-refractivity contribution < 1.29 is 17.7 Å². The summed E-state index contributed by atoms with van der Waals surface area (Å²) in [5.74, 6) is 0.236. The molecule has 1 aliphatic rings. The van der Waals surface area contributed by atoms with Crippen LogP contribution in [0.2, 0.25) is 0 Å². The second-order valence-electron chi connectivity index (χ2n) is 6.06. The maximum atomic E-state index is 12.7. The van der Waals surface area contributed by atoms with Crippen LogP contribution in [0.25, 0.3) is 0 Å². The summed E-state index contributed by atoms with van der Waals surface area (Å²) in [5, 5.41) is 6.42. The molecule has 1 saturated heterocycles. The van der Waals surface area contributed by atoms with Crippen molar-refractivity contribution in [2.45, 2.75) is 38.3 Å². The Bertz CT molecular complexity index is 857. The van der Waals surface area contributed by atoms with E-state index in [1.54, 1.807) is 17.6 Å². The molecule has 1 fully saturated rings. The Kier molecular flexibility index (Phi) is 4.91. The second kappa shape index (κ2) is 6.96. The first-order valence-electron chi connectivity index (χ1n) is 8.16. The summed E-state index contributed by atoms with van der Waals surface area (Å²) >= 11 is 0. The lowest BCUT2D eigenvalue weighted by atomic mass is 9.99. The maximum Gasteiger partial charge on any atom is 0.262 e. The number of aryl methyl sites for hydroxylation is 2. The number of aromatic nitrogens is 3. The van der Waals surface area contributed by atoms with Gasteiger partial charge in [0.15, 0.2) is 10.8 Å². The van der Waals surface area contributed by atoms with Gasteiger partial charge in [0.25, 0.3) is 10.0 Å². The number of carbonyl (C=O) groups is 1. The van der Waals surface area contributed by atoms with Crippen LogP contribution in [0.1, 0.15) is 25.5 Å². The molecule has 1 N–H and O–H groups in total. The highest BCUT2D eigenvalue weighted by Gasteiger charge is 2.34. The molecule has 0 bridgehead atoms. The first-order chi connectivity index (χ1) is 11.9. The van der Waals surface area contributed by atoms with Crippen molar-refractivity contribution in [1.82, 2.24) is 19.0 Å². The fraction of sp³-hybridized carbons (Fsp3) is 0.533. The molecule has 2 aromatic heterocycles. The molecule has 1 atom stereocenters. The van der Waals surface area contributed by atoms with Crippen molar-refractivity contribution in [3.63, 3.8) is 0 Å². The average molecular weight is 367 g/mol. The number of nitrogens with zero attached hydrogens (tertiary/aromatic N) is 4. The molecule has 0 saturated carbocycles. The molecular weight excluding hydrogens is 346 g/mol. The van der Waals surface area contributed by atoms with Crippen LogP contribution in [-0.4, -0.2) is 46.4 Å². The third kappa shape index (κ3) is 3.74. The molecule has 0 spiro atoms. The minimum Gasteiger partial charge on any atom is -0.360 e. The standard InChI is InChI=1S/C15H21N5O4S/c1-3-19-9-14(16-10-19)25(22,23)20-6-4-5-12(8-20)15(21)17-13-7-11(2)24-18-13/h7,9-10,12H,3-6,8H2,1-2H3,(H,17,18,21)/t12-/m1/s1. The van der Waals surface area contributed by atoms with Crippen molar-refractivity contribution in [1.29, 1.82) is 0 Å². The Morgan fingerprint density at radius 2 is 2.28 bits per heavy atom. The van der Waals surface area contributed by atoms with E-state index < -0.39 is 15.9 Å². The Morgan fingerprint density at radius 1 is 1.48 bits per heavy atom. The molecule has 136 valence electrons. The largest absolute Gasteiger partial charge is 0.360 e. The topological polar surface area (TPSA) is 110 Å². The van der Waals surface area contributed by atoms with Gasteiger partial charge in [-0.15, -0.1) is 0 Å². The molecule has 9 nitrogen and oxygen atoms in total. The monoisotopic (exact) mass is 367 g/mol. The zero-order chi connectivity index (χ0) is 18.0. The van der Waals surface area contributed by atoms with E-state index in [1.165, 1.54) is 16.8 Å². The van der Waals surface area contributed by atoms with E-state index in [1.807, 2.05) is 6.92 Å².